The Bertz CT molecular complexity index is 914. The van der Waals surface area contributed by atoms with Gasteiger partial charge in [-0.05, 0) is 61.4 Å². The van der Waals surface area contributed by atoms with Crippen LogP contribution in [0.1, 0.15) is 18.4 Å². The van der Waals surface area contributed by atoms with Crippen molar-refractivity contribution < 1.29 is 23.9 Å². The van der Waals surface area contributed by atoms with Crippen LogP contribution in [0, 0.1) is 6.92 Å². The van der Waals surface area contributed by atoms with E-state index in [2.05, 4.69) is 5.32 Å². The fraction of sp³-hybridized carbons (Fsp3) is 0.286. The molecule has 1 aliphatic rings. The van der Waals surface area contributed by atoms with Crippen molar-refractivity contribution in [2.24, 2.45) is 0 Å². The van der Waals surface area contributed by atoms with E-state index in [0.717, 1.165) is 17.7 Å². The van der Waals surface area contributed by atoms with Gasteiger partial charge in [0.2, 0.25) is 5.91 Å². The lowest BCUT2D eigenvalue weighted by Crippen LogP contribution is -2.24. The summed E-state index contributed by atoms with van der Waals surface area (Å²) in [6.45, 7) is 1.80. The Hall–Kier alpha value is -3.06. The molecular formula is C21H21ClN2O5. The van der Waals surface area contributed by atoms with Crippen molar-refractivity contribution in [3.8, 4) is 5.75 Å². The minimum Gasteiger partial charge on any atom is -0.482 e. The molecule has 2 amide bonds. The van der Waals surface area contributed by atoms with Crippen molar-refractivity contribution in [1.29, 1.82) is 0 Å². The fourth-order valence-corrected chi connectivity index (χ4v) is 3.00. The molecule has 0 atom stereocenters. The molecule has 1 heterocycles. The standard InChI is InChI=1S/C21H21ClN2O5/c1-14-11-17(8-9-18(14)22)28-13-21(27)29-12-19(25)23-15-4-6-16(7-5-15)24-10-2-3-20(24)26/h4-9,11H,2-3,10,12-13H2,1H3,(H,23,25). The van der Waals surface area contributed by atoms with Crippen molar-refractivity contribution in [1.82, 2.24) is 0 Å². The number of halogens is 1. The first-order valence-corrected chi connectivity index (χ1v) is 9.55. The van der Waals surface area contributed by atoms with Crippen molar-refractivity contribution >= 4 is 40.8 Å². The average molecular weight is 417 g/mol. The first-order valence-electron chi connectivity index (χ1n) is 9.17. The second-order valence-electron chi connectivity index (χ2n) is 6.60. The Morgan fingerprint density at radius 2 is 1.90 bits per heavy atom. The molecule has 0 unspecified atom stereocenters. The van der Waals surface area contributed by atoms with Gasteiger partial charge in [0.15, 0.2) is 13.2 Å². The zero-order valence-electron chi connectivity index (χ0n) is 15.9. The highest BCUT2D eigenvalue weighted by atomic mass is 35.5. The third-order valence-corrected chi connectivity index (χ3v) is 4.81. The van der Waals surface area contributed by atoms with Crippen LogP contribution < -0.4 is 15.0 Å². The summed E-state index contributed by atoms with van der Waals surface area (Å²) in [5.74, 6) is -0.532. The smallest absolute Gasteiger partial charge is 0.344 e. The van der Waals surface area contributed by atoms with Crippen molar-refractivity contribution in [2.45, 2.75) is 19.8 Å². The lowest BCUT2D eigenvalue weighted by atomic mass is 10.2. The van der Waals surface area contributed by atoms with E-state index in [9.17, 15) is 14.4 Å². The normalized spacial score (nSPS) is 13.3. The molecule has 0 spiro atoms. The first kappa shape index (κ1) is 20.7. The maximum atomic E-state index is 12.0. The number of ether oxygens (including phenoxy) is 2. The molecule has 2 aromatic rings. The average Bonchev–Trinajstić information content (AvgIpc) is 3.14. The predicted molar refractivity (Wildman–Crippen MR) is 109 cm³/mol. The Balaban J connectivity index is 1.41. The van der Waals surface area contributed by atoms with Gasteiger partial charge in [0.25, 0.3) is 5.91 Å². The summed E-state index contributed by atoms with van der Waals surface area (Å²) in [5.41, 5.74) is 2.18. The van der Waals surface area contributed by atoms with Crippen LogP contribution in [0.15, 0.2) is 42.5 Å². The second-order valence-corrected chi connectivity index (χ2v) is 7.01. The molecule has 0 aromatic heterocycles. The molecule has 0 saturated carbocycles. The number of nitrogens with zero attached hydrogens (tertiary/aromatic N) is 1. The van der Waals surface area contributed by atoms with Gasteiger partial charge >= 0.3 is 5.97 Å². The van der Waals surface area contributed by atoms with E-state index in [-0.39, 0.29) is 12.5 Å². The SMILES string of the molecule is Cc1cc(OCC(=O)OCC(=O)Nc2ccc(N3CCCC3=O)cc2)ccc1Cl. The highest BCUT2D eigenvalue weighted by Gasteiger charge is 2.21. The van der Waals surface area contributed by atoms with Gasteiger partial charge in [-0.2, -0.15) is 0 Å². The summed E-state index contributed by atoms with van der Waals surface area (Å²) in [4.78, 5) is 37.2. The molecule has 7 nitrogen and oxygen atoms in total. The summed E-state index contributed by atoms with van der Waals surface area (Å²) in [7, 11) is 0. The Kier molecular flexibility index (Phi) is 6.72. The lowest BCUT2D eigenvalue weighted by molar-refractivity contribution is -0.149. The molecule has 1 saturated heterocycles. The second kappa shape index (κ2) is 9.43. The van der Waals surface area contributed by atoms with Gasteiger partial charge < -0.3 is 19.7 Å². The minimum absolute atomic E-state index is 0.102. The van der Waals surface area contributed by atoms with Gasteiger partial charge in [-0.25, -0.2) is 4.79 Å². The number of rotatable bonds is 7. The van der Waals surface area contributed by atoms with Crippen molar-refractivity contribution in [3.05, 3.63) is 53.1 Å². The van der Waals surface area contributed by atoms with Crippen LogP contribution in [0.5, 0.6) is 5.75 Å². The minimum atomic E-state index is -0.657. The molecule has 1 N–H and O–H groups in total. The number of carbonyl (C=O) groups excluding carboxylic acids is 3. The number of nitrogens with one attached hydrogen (secondary N) is 1. The van der Waals surface area contributed by atoms with Crippen LogP contribution in [0.2, 0.25) is 5.02 Å². The lowest BCUT2D eigenvalue weighted by Gasteiger charge is -2.16. The van der Waals surface area contributed by atoms with Crippen LogP contribution >= 0.6 is 11.6 Å². The number of aryl methyl sites for hydroxylation is 1. The molecule has 0 aliphatic carbocycles. The number of hydrogen-bond donors (Lipinski definition) is 1. The van der Waals surface area contributed by atoms with Gasteiger partial charge in [0.05, 0.1) is 0 Å². The maximum absolute atomic E-state index is 12.0. The Morgan fingerprint density at radius 3 is 2.55 bits per heavy atom. The largest absolute Gasteiger partial charge is 0.482 e. The van der Waals surface area contributed by atoms with E-state index in [1.165, 1.54) is 0 Å². The van der Waals surface area contributed by atoms with Gasteiger partial charge in [-0.1, -0.05) is 11.6 Å². The molecule has 2 aromatic carbocycles. The molecule has 152 valence electrons. The topological polar surface area (TPSA) is 84.9 Å². The first-order chi connectivity index (χ1) is 13.9. The van der Waals surface area contributed by atoms with Gasteiger partial charge in [-0.15, -0.1) is 0 Å². The number of esters is 1. The van der Waals surface area contributed by atoms with Crippen LogP contribution in [-0.2, 0) is 19.1 Å². The highest BCUT2D eigenvalue weighted by molar-refractivity contribution is 6.31. The maximum Gasteiger partial charge on any atom is 0.344 e. The third kappa shape index (κ3) is 5.71. The van der Waals surface area contributed by atoms with Crippen LogP contribution in [0.4, 0.5) is 11.4 Å². The van der Waals surface area contributed by atoms with Crippen molar-refractivity contribution in [3.63, 3.8) is 0 Å². The van der Waals surface area contributed by atoms with Gasteiger partial charge in [-0.3, -0.25) is 9.59 Å². The monoisotopic (exact) mass is 416 g/mol. The molecule has 1 aliphatic heterocycles. The summed E-state index contributed by atoms with van der Waals surface area (Å²) < 4.78 is 10.2. The van der Waals surface area contributed by atoms with Crippen LogP contribution in [0.25, 0.3) is 0 Å². The molecule has 8 heteroatoms. The van der Waals surface area contributed by atoms with E-state index in [0.29, 0.717) is 29.4 Å². The van der Waals surface area contributed by atoms with Crippen LogP contribution in [-0.4, -0.2) is 37.5 Å². The quantitative estimate of drug-likeness (QED) is 0.700. The highest BCUT2D eigenvalue weighted by Crippen LogP contribution is 2.23. The van der Waals surface area contributed by atoms with Crippen molar-refractivity contribution in [2.75, 3.05) is 30.0 Å². The van der Waals surface area contributed by atoms with Crippen LogP contribution in [0.3, 0.4) is 0 Å². The Morgan fingerprint density at radius 1 is 1.14 bits per heavy atom. The summed E-state index contributed by atoms with van der Waals surface area (Å²) in [6, 6.07) is 12.0. The molecule has 29 heavy (non-hydrogen) atoms. The molecular weight excluding hydrogens is 396 g/mol. The van der Waals surface area contributed by atoms with E-state index < -0.39 is 18.5 Å². The summed E-state index contributed by atoms with van der Waals surface area (Å²) in [5, 5.41) is 3.25. The van der Waals surface area contributed by atoms with Gasteiger partial charge in [0.1, 0.15) is 5.75 Å². The molecule has 3 rings (SSSR count). The number of amides is 2. The zero-order chi connectivity index (χ0) is 20.8. The summed E-state index contributed by atoms with van der Waals surface area (Å²) >= 11 is 5.93. The molecule has 1 fully saturated rings. The van der Waals surface area contributed by atoms with Gasteiger partial charge in [0, 0.05) is 29.4 Å². The van der Waals surface area contributed by atoms with E-state index in [4.69, 9.17) is 21.1 Å². The zero-order valence-corrected chi connectivity index (χ0v) is 16.7. The van der Waals surface area contributed by atoms with E-state index in [1.807, 2.05) is 6.92 Å². The third-order valence-electron chi connectivity index (χ3n) is 4.39. The van der Waals surface area contributed by atoms with E-state index in [1.54, 1.807) is 47.4 Å². The number of anilines is 2. The predicted octanol–water partition coefficient (Wildman–Crippen LogP) is 3.34. The number of hydrogen-bond acceptors (Lipinski definition) is 5. The fourth-order valence-electron chi connectivity index (χ4n) is 2.88. The molecule has 0 radical (unpaired) electrons. The number of carbonyl (C=O) groups is 3. The Labute approximate surface area is 173 Å². The van der Waals surface area contributed by atoms with E-state index >= 15 is 0 Å². The number of benzene rings is 2. The molecule has 0 bridgehead atoms. The summed E-state index contributed by atoms with van der Waals surface area (Å²) in [6.07, 6.45) is 1.41.